The number of hydrogen-bond acceptors (Lipinski definition) is 8. The lowest BCUT2D eigenvalue weighted by Crippen LogP contribution is -2.44. The molecular weight excluding hydrogens is 534 g/mol. The van der Waals surface area contributed by atoms with Gasteiger partial charge in [0.15, 0.2) is 10.8 Å². The lowest BCUT2D eigenvalue weighted by Gasteiger charge is -2.44. The Hall–Kier alpha value is -4.31. The van der Waals surface area contributed by atoms with Crippen molar-refractivity contribution >= 4 is 46.6 Å². The molecule has 4 aromatic rings. The van der Waals surface area contributed by atoms with Crippen LogP contribution in [0.5, 0.6) is 0 Å². The molecular formula is C29H28ClN5O5. The summed E-state index contributed by atoms with van der Waals surface area (Å²) >= 11 is 6.54. The minimum Gasteiger partial charge on any atom is -0.462 e. The van der Waals surface area contributed by atoms with Crippen molar-refractivity contribution in [2.24, 2.45) is 17.8 Å². The number of halogens is 1. The molecule has 0 saturated heterocycles. The Morgan fingerprint density at radius 3 is 2.15 bits per heavy atom. The predicted octanol–water partition coefficient (Wildman–Crippen LogP) is 4.97. The first kappa shape index (κ1) is 27.3. The van der Waals surface area contributed by atoms with Crippen LogP contribution in [0, 0.1) is 17.8 Å². The van der Waals surface area contributed by atoms with Crippen molar-refractivity contribution < 1.29 is 23.9 Å². The summed E-state index contributed by atoms with van der Waals surface area (Å²) in [6, 6.07) is 17.4. The van der Waals surface area contributed by atoms with Gasteiger partial charge in [-0.05, 0) is 30.7 Å². The lowest BCUT2D eigenvalue weighted by atomic mass is 9.69. The second kappa shape index (κ2) is 11.8. The molecule has 1 saturated carbocycles. The Bertz CT molecular complexity index is 1530. The molecule has 0 bridgehead atoms. The predicted molar refractivity (Wildman–Crippen MR) is 148 cm³/mol. The standard InChI is InChI=1S/C29H28ClN5O5/c1-17(2)26(36)34-29-32-24(30)23-25(33-29)31-16-35(23)22-13-20(14-39-27(37)18-9-5-3-6-10-18)21(22)15-40-28(38)19-11-7-4-8-12-19/h3-12,16-17,20-22H,13-15H2,1-2H3,(H,32,33,34,36)/t20-,21-,22-/m1/s1. The molecule has 1 fully saturated rings. The summed E-state index contributed by atoms with van der Waals surface area (Å²) in [4.78, 5) is 50.3. The first-order valence-corrected chi connectivity index (χ1v) is 13.3. The van der Waals surface area contributed by atoms with Crippen molar-refractivity contribution in [2.45, 2.75) is 26.3 Å². The maximum Gasteiger partial charge on any atom is 0.338 e. The van der Waals surface area contributed by atoms with E-state index in [0.717, 1.165) is 0 Å². The number of aromatic nitrogens is 4. The van der Waals surface area contributed by atoms with Crippen molar-refractivity contribution in [3.05, 3.63) is 83.3 Å². The molecule has 5 rings (SSSR count). The van der Waals surface area contributed by atoms with Crippen molar-refractivity contribution in [1.82, 2.24) is 19.5 Å². The molecule has 2 heterocycles. The van der Waals surface area contributed by atoms with Crippen LogP contribution in [0.25, 0.3) is 11.2 Å². The molecule has 3 atom stereocenters. The highest BCUT2D eigenvalue weighted by Crippen LogP contribution is 2.46. The van der Waals surface area contributed by atoms with Gasteiger partial charge in [0.1, 0.15) is 5.52 Å². The van der Waals surface area contributed by atoms with Gasteiger partial charge in [-0.2, -0.15) is 9.97 Å². The number of carbonyl (C=O) groups excluding carboxylic acids is 3. The van der Waals surface area contributed by atoms with Crippen LogP contribution in [0.2, 0.25) is 5.15 Å². The van der Waals surface area contributed by atoms with E-state index in [1.165, 1.54) is 0 Å². The minimum absolute atomic E-state index is 0.0667. The van der Waals surface area contributed by atoms with E-state index in [1.807, 2.05) is 16.7 Å². The largest absolute Gasteiger partial charge is 0.462 e. The molecule has 1 aliphatic rings. The van der Waals surface area contributed by atoms with Gasteiger partial charge in [-0.1, -0.05) is 61.8 Å². The van der Waals surface area contributed by atoms with Gasteiger partial charge >= 0.3 is 11.9 Å². The second-order valence-corrected chi connectivity index (χ2v) is 10.3. The van der Waals surface area contributed by atoms with Crippen LogP contribution < -0.4 is 5.32 Å². The zero-order valence-electron chi connectivity index (χ0n) is 22.0. The summed E-state index contributed by atoms with van der Waals surface area (Å²) in [5.41, 5.74) is 1.76. The number of benzene rings is 2. The van der Waals surface area contributed by atoms with Crippen LogP contribution in [0.15, 0.2) is 67.0 Å². The monoisotopic (exact) mass is 561 g/mol. The third kappa shape index (κ3) is 5.81. The highest BCUT2D eigenvalue weighted by atomic mass is 35.5. The zero-order chi connectivity index (χ0) is 28.2. The zero-order valence-corrected chi connectivity index (χ0v) is 22.7. The Morgan fingerprint density at radius 2 is 1.55 bits per heavy atom. The van der Waals surface area contributed by atoms with E-state index in [0.29, 0.717) is 28.7 Å². The van der Waals surface area contributed by atoms with Crippen molar-refractivity contribution in [1.29, 1.82) is 0 Å². The molecule has 10 nitrogen and oxygen atoms in total. The quantitative estimate of drug-likeness (QED) is 0.224. The summed E-state index contributed by atoms with van der Waals surface area (Å²) < 4.78 is 13.2. The van der Waals surface area contributed by atoms with Gasteiger partial charge in [0.05, 0.1) is 30.7 Å². The van der Waals surface area contributed by atoms with Crippen LogP contribution >= 0.6 is 11.6 Å². The number of amides is 1. The molecule has 0 aliphatic heterocycles. The van der Waals surface area contributed by atoms with Gasteiger partial charge in [0.25, 0.3) is 0 Å². The van der Waals surface area contributed by atoms with Gasteiger partial charge in [-0.15, -0.1) is 0 Å². The maximum atomic E-state index is 12.7. The first-order valence-electron chi connectivity index (χ1n) is 13.0. The molecule has 1 amide bonds. The fraction of sp³-hybridized carbons (Fsp3) is 0.310. The number of hydrogen-bond donors (Lipinski definition) is 1. The minimum atomic E-state index is -0.436. The number of nitrogens with zero attached hydrogens (tertiary/aromatic N) is 4. The van der Waals surface area contributed by atoms with Crippen molar-refractivity contribution in [3.8, 4) is 0 Å². The summed E-state index contributed by atoms with van der Waals surface area (Å²) in [7, 11) is 0. The van der Waals surface area contributed by atoms with E-state index in [2.05, 4.69) is 20.3 Å². The summed E-state index contributed by atoms with van der Waals surface area (Å²) in [6.45, 7) is 3.80. The van der Waals surface area contributed by atoms with Gasteiger partial charge in [0, 0.05) is 23.8 Å². The van der Waals surface area contributed by atoms with Gasteiger partial charge in [0.2, 0.25) is 11.9 Å². The molecule has 0 unspecified atom stereocenters. The molecule has 0 spiro atoms. The summed E-state index contributed by atoms with van der Waals surface area (Å²) in [5.74, 6) is -1.51. The number of esters is 2. The summed E-state index contributed by atoms with van der Waals surface area (Å²) in [5, 5.41) is 2.78. The number of carbonyl (C=O) groups is 3. The first-order chi connectivity index (χ1) is 19.3. The van der Waals surface area contributed by atoms with E-state index in [-0.39, 0.29) is 54.0 Å². The third-order valence-corrected chi connectivity index (χ3v) is 7.26. The SMILES string of the molecule is CC(C)C(=O)Nc1nc(Cl)c2c(ncn2[C@@H]2C[C@H](COC(=O)c3ccccc3)[C@H]2COC(=O)c2ccccc2)n1. The van der Waals surface area contributed by atoms with Crippen molar-refractivity contribution in [2.75, 3.05) is 18.5 Å². The molecule has 2 aromatic carbocycles. The fourth-order valence-electron chi connectivity index (χ4n) is 4.67. The number of anilines is 1. The third-order valence-electron chi connectivity index (χ3n) is 7.00. The van der Waals surface area contributed by atoms with Gasteiger partial charge in [-0.3, -0.25) is 10.1 Å². The van der Waals surface area contributed by atoms with Crippen molar-refractivity contribution in [3.63, 3.8) is 0 Å². The number of imidazole rings is 1. The molecule has 1 N–H and O–H groups in total. The number of ether oxygens (including phenoxy) is 2. The molecule has 1 aliphatic carbocycles. The van der Waals surface area contributed by atoms with E-state index < -0.39 is 11.9 Å². The summed E-state index contributed by atoms with van der Waals surface area (Å²) in [6.07, 6.45) is 2.24. The smallest absolute Gasteiger partial charge is 0.338 e. The average Bonchev–Trinajstić information content (AvgIpc) is 3.37. The van der Waals surface area contributed by atoms with Crippen LogP contribution in [0.1, 0.15) is 47.0 Å². The topological polar surface area (TPSA) is 125 Å². The normalized spacial score (nSPS) is 18.2. The highest BCUT2D eigenvalue weighted by Gasteiger charge is 2.44. The lowest BCUT2D eigenvalue weighted by molar-refractivity contribution is -0.118. The number of rotatable bonds is 9. The van der Waals surface area contributed by atoms with Crippen LogP contribution in [0.4, 0.5) is 5.95 Å². The molecule has 11 heteroatoms. The van der Waals surface area contributed by atoms with Crippen LogP contribution in [0.3, 0.4) is 0 Å². The van der Waals surface area contributed by atoms with Crippen LogP contribution in [-0.4, -0.2) is 50.6 Å². The number of nitrogens with one attached hydrogen (secondary N) is 1. The Morgan fingerprint density at radius 1 is 0.950 bits per heavy atom. The Kier molecular flexibility index (Phi) is 8.06. The molecule has 206 valence electrons. The number of fused-ring (bicyclic) bond motifs is 1. The molecule has 2 aromatic heterocycles. The second-order valence-electron chi connectivity index (χ2n) is 9.96. The van der Waals surface area contributed by atoms with E-state index in [4.69, 9.17) is 21.1 Å². The Balaban J connectivity index is 1.35. The molecule has 0 radical (unpaired) electrons. The molecule has 40 heavy (non-hydrogen) atoms. The van der Waals surface area contributed by atoms with E-state index in [1.54, 1.807) is 68.7 Å². The van der Waals surface area contributed by atoms with E-state index >= 15 is 0 Å². The van der Waals surface area contributed by atoms with Gasteiger partial charge < -0.3 is 14.0 Å². The van der Waals surface area contributed by atoms with Gasteiger partial charge in [-0.25, -0.2) is 14.6 Å². The van der Waals surface area contributed by atoms with E-state index in [9.17, 15) is 14.4 Å². The average molecular weight is 562 g/mol. The fourth-order valence-corrected chi connectivity index (χ4v) is 4.93. The van der Waals surface area contributed by atoms with Crippen LogP contribution in [-0.2, 0) is 14.3 Å². The Labute approximate surface area is 235 Å². The highest BCUT2D eigenvalue weighted by molar-refractivity contribution is 6.33. The maximum absolute atomic E-state index is 12.7.